The van der Waals surface area contributed by atoms with Gasteiger partial charge in [0.15, 0.2) is 0 Å². The van der Waals surface area contributed by atoms with E-state index in [-0.39, 0.29) is 12.6 Å². The fourth-order valence-corrected chi connectivity index (χ4v) is 4.64. The lowest BCUT2D eigenvalue weighted by Crippen LogP contribution is -2.48. The first kappa shape index (κ1) is 22.6. The van der Waals surface area contributed by atoms with E-state index < -0.39 is 26.6 Å². The molecule has 1 atom stereocenters. The third-order valence-corrected chi connectivity index (χ3v) is 6.88. The van der Waals surface area contributed by atoms with Gasteiger partial charge in [-0.1, -0.05) is 12.1 Å². The van der Waals surface area contributed by atoms with Crippen LogP contribution in [0.25, 0.3) is 0 Å². The van der Waals surface area contributed by atoms with Crippen LogP contribution in [-0.2, 0) is 10.0 Å². The molecule has 1 saturated heterocycles. The van der Waals surface area contributed by atoms with Crippen LogP contribution >= 0.6 is 0 Å². The van der Waals surface area contributed by atoms with E-state index in [0.29, 0.717) is 6.07 Å². The zero-order valence-corrected chi connectivity index (χ0v) is 18.3. The van der Waals surface area contributed by atoms with Gasteiger partial charge in [0.05, 0.1) is 0 Å². The van der Waals surface area contributed by atoms with Crippen molar-refractivity contribution in [1.82, 2.24) is 14.5 Å². The van der Waals surface area contributed by atoms with E-state index in [2.05, 4.69) is 21.6 Å². The maximum atomic E-state index is 14.0. The molecular formula is C21H28F2N4O2S. The highest BCUT2D eigenvalue weighted by molar-refractivity contribution is 7.89. The minimum Gasteiger partial charge on any atom is -0.378 e. The average molecular weight is 439 g/mol. The van der Waals surface area contributed by atoms with Gasteiger partial charge < -0.3 is 9.80 Å². The Kier molecular flexibility index (Phi) is 7.07. The Bertz CT molecular complexity index is 959. The lowest BCUT2D eigenvalue weighted by Gasteiger charge is -2.38. The lowest BCUT2D eigenvalue weighted by molar-refractivity contribution is 0.113. The minimum atomic E-state index is -4.12. The van der Waals surface area contributed by atoms with E-state index >= 15 is 0 Å². The zero-order chi connectivity index (χ0) is 21.9. The van der Waals surface area contributed by atoms with Crippen molar-refractivity contribution in [2.24, 2.45) is 0 Å². The number of nitrogens with one attached hydrogen (secondary N) is 1. The van der Waals surface area contributed by atoms with E-state index in [1.165, 1.54) is 0 Å². The van der Waals surface area contributed by atoms with Crippen molar-refractivity contribution in [2.45, 2.75) is 10.9 Å². The first-order valence-corrected chi connectivity index (χ1v) is 11.3. The largest absolute Gasteiger partial charge is 0.378 e. The summed E-state index contributed by atoms with van der Waals surface area (Å²) in [7, 11) is 1.85. The van der Waals surface area contributed by atoms with E-state index in [9.17, 15) is 17.2 Å². The summed E-state index contributed by atoms with van der Waals surface area (Å²) in [5, 5.41) is 0. The molecule has 1 N–H and O–H groups in total. The van der Waals surface area contributed by atoms with Crippen molar-refractivity contribution in [3.05, 3.63) is 59.7 Å². The topological polar surface area (TPSA) is 55.9 Å². The maximum Gasteiger partial charge on any atom is 0.243 e. The van der Waals surface area contributed by atoms with E-state index in [1.54, 1.807) is 0 Å². The number of benzene rings is 2. The standard InChI is InChI=1S/C21H28F2N4O2S/c1-25(2)18-7-4-16(5-8-18)20(27-12-10-26(3)11-13-27)15-24-30(28,29)21-9-6-17(22)14-19(21)23/h4-9,14,20,24H,10-13,15H2,1-3H3/t20-/m0/s1. The Balaban J connectivity index is 1.83. The van der Waals surface area contributed by atoms with Gasteiger partial charge >= 0.3 is 0 Å². The molecule has 2 aromatic carbocycles. The molecule has 6 nitrogen and oxygen atoms in total. The predicted octanol–water partition coefficient (Wildman–Crippen LogP) is 2.30. The van der Waals surface area contributed by atoms with E-state index in [1.807, 2.05) is 43.3 Å². The first-order chi connectivity index (χ1) is 14.2. The Labute approximate surface area is 177 Å². The number of hydrogen-bond donors (Lipinski definition) is 1. The molecule has 164 valence electrons. The monoisotopic (exact) mass is 438 g/mol. The van der Waals surface area contributed by atoms with Crippen molar-refractivity contribution in [3.8, 4) is 0 Å². The lowest BCUT2D eigenvalue weighted by atomic mass is 10.0. The van der Waals surface area contributed by atoms with Crippen molar-refractivity contribution < 1.29 is 17.2 Å². The number of halogens is 2. The van der Waals surface area contributed by atoms with Crippen LogP contribution in [0.1, 0.15) is 11.6 Å². The Morgan fingerprint density at radius 1 is 1.03 bits per heavy atom. The van der Waals surface area contributed by atoms with Gasteiger partial charge in [0, 0.05) is 64.6 Å². The SMILES string of the molecule is CN1CCN([C@@H](CNS(=O)(=O)c2ccc(F)cc2F)c2ccc(N(C)C)cc2)CC1. The van der Waals surface area contributed by atoms with Gasteiger partial charge in [-0.15, -0.1) is 0 Å². The summed E-state index contributed by atoms with van der Waals surface area (Å²) >= 11 is 0. The van der Waals surface area contributed by atoms with Crippen LogP contribution in [0, 0.1) is 11.6 Å². The van der Waals surface area contributed by atoms with Crippen LogP contribution in [-0.4, -0.2) is 72.1 Å². The van der Waals surface area contributed by atoms with Crippen LogP contribution in [0.15, 0.2) is 47.4 Å². The summed E-state index contributed by atoms with van der Waals surface area (Å²) in [6.07, 6.45) is 0. The highest BCUT2D eigenvalue weighted by Crippen LogP contribution is 2.25. The van der Waals surface area contributed by atoms with E-state index in [4.69, 9.17) is 0 Å². The minimum absolute atomic E-state index is 0.0875. The Morgan fingerprint density at radius 2 is 1.67 bits per heavy atom. The molecule has 0 amide bonds. The third-order valence-electron chi connectivity index (χ3n) is 5.42. The summed E-state index contributed by atoms with van der Waals surface area (Å²) in [4.78, 5) is 5.90. The molecule has 3 rings (SSSR count). The molecule has 0 bridgehead atoms. The smallest absolute Gasteiger partial charge is 0.243 e. The molecule has 0 aromatic heterocycles. The first-order valence-electron chi connectivity index (χ1n) is 9.82. The molecule has 0 radical (unpaired) electrons. The van der Waals surface area contributed by atoms with Gasteiger partial charge in [0.2, 0.25) is 10.0 Å². The molecule has 0 saturated carbocycles. The molecule has 9 heteroatoms. The van der Waals surface area contributed by atoms with Crippen LogP contribution in [0.2, 0.25) is 0 Å². The number of sulfonamides is 1. The van der Waals surface area contributed by atoms with Gasteiger partial charge in [-0.25, -0.2) is 21.9 Å². The summed E-state index contributed by atoms with van der Waals surface area (Å²) in [5.41, 5.74) is 2.03. The van der Waals surface area contributed by atoms with Crippen LogP contribution in [0.5, 0.6) is 0 Å². The number of rotatable bonds is 7. The Morgan fingerprint density at radius 3 is 2.23 bits per heavy atom. The van der Waals surface area contributed by atoms with Crippen LogP contribution in [0.3, 0.4) is 0 Å². The fourth-order valence-electron chi connectivity index (χ4n) is 3.55. The molecule has 1 aliphatic heterocycles. The van der Waals surface area contributed by atoms with Crippen LogP contribution in [0.4, 0.5) is 14.5 Å². The molecule has 0 unspecified atom stereocenters. The second-order valence-corrected chi connectivity index (χ2v) is 9.50. The summed E-state index contributed by atoms with van der Waals surface area (Å²) in [6.45, 7) is 3.44. The maximum absolute atomic E-state index is 14.0. The second-order valence-electron chi connectivity index (χ2n) is 7.77. The molecule has 0 aliphatic carbocycles. The van der Waals surface area contributed by atoms with Crippen molar-refractivity contribution in [3.63, 3.8) is 0 Å². The number of hydrogen-bond acceptors (Lipinski definition) is 5. The quantitative estimate of drug-likeness (QED) is 0.719. The number of anilines is 1. The highest BCUT2D eigenvalue weighted by Gasteiger charge is 2.27. The summed E-state index contributed by atoms with van der Waals surface area (Å²) in [5.74, 6) is -1.92. The third kappa shape index (κ3) is 5.34. The molecule has 2 aromatic rings. The molecular weight excluding hydrogens is 410 g/mol. The normalized spacial score (nSPS) is 17.1. The average Bonchev–Trinajstić information content (AvgIpc) is 2.69. The van der Waals surface area contributed by atoms with Crippen LogP contribution < -0.4 is 9.62 Å². The fraction of sp³-hybridized carbons (Fsp3) is 0.429. The van der Waals surface area contributed by atoms with Gasteiger partial charge in [0.1, 0.15) is 16.5 Å². The molecule has 30 heavy (non-hydrogen) atoms. The summed E-state index contributed by atoms with van der Waals surface area (Å²) in [6, 6.07) is 10.2. The van der Waals surface area contributed by atoms with E-state index in [0.717, 1.165) is 49.6 Å². The number of nitrogens with zero attached hydrogens (tertiary/aromatic N) is 3. The van der Waals surface area contributed by atoms with Gasteiger partial charge in [-0.2, -0.15) is 0 Å². The molecule has 0 spiro atoms. The van der Waals surface area contributed by atoms with Crippen molar-refractivity contribution >= 4 is 15.7 Å². The highest BCUT2D eigenvalue weighted by atomic mass is 32.2. The second kappa shape index (κ2) is 9.38. The summed E-state index contributed by atoms with van der Waals surface area (Å²) < 4.78 is 55.1. The van der Waals surface area contributed by atoms with Crippen molar-refractivity contribution in [1.29, 1.82) is 0 Å². The number of piperazine rings is 1. The predicted molar refractivity (Wildman–Crippen MR) is 114 cm³/mol. The molecule has 1 heterocycles. The molecule has 1 fully saturated rings. The number of likely N-dealkylation sites (N-methyl/N-ethyl adjacent to an activating group) is 1. The van der Waals surface area contributed by atoms with Gasteiger partial charge in [-0.3, -0.25) is 4.90 Å². The van der Waals surface area contributed by atoms with Gasteiger partial charge in [-0.05, 0) is 36.9 Å². The Hall–Kier alpha value is -2.07. The zero-order valence-electron chi connectivity index (χ0n) is 17.5. The molecule has 1 aliphatic rings. The van der Waals surface area contributed by atoms with Crippen molar-refractivity contribution in [2.75, 3.05) is 58.8 Å². The van der Waals surface area contributed by atoms with Gasteiger partial charge in [0.25, 0.3) is 0 Å².